The van der Waals surface area contributed by atoms with Crippen LogP contribution in [-0.2, 0) is 9.59 Å². The number of rotatable bonds is 2. The predicted octanol–water partition coefficient (Wildman–Crippen LogP) is 5.07. The molecular formula is C27H29N3O2S. The van der Waals surface area contributed by atoms with Crippen molar-refractivity contribution in [1.82, 2.24) is 5.32 Å². The number of hydrogen-bond donors (Lipinski definition) is 1. The Morgan fingerprint density at radius 2 is 1.70 bits per heavy atom. The van der Waals surface area contributed by atoms with Crippen LogP contribution >= 0.6 is 12.2 Å². The van der Waals surface area contributed by atoms with Crippen molar-refractivity contribution in [2.24, 2.45) is 0 Å². The van der Waals surface area contributed by atoms with Crippen molar-refractivity contribution in [2.75, 3.05) is 16.8 Å². The second kappa shape index (κ2) is 7.96. The van der Waals surface area contributed by atoms with E-state index in [4.69, 9.17) is 12.2 Å². The summed E-state index contributed by atoms with van der Waals surface area (Å²) in [5, 5.41) is 2.79. The lowest BCUT2D eigenvalue weighted by atomic mass is 9.87. The van der Waals surface area contributed by atoms with E-state index in [9.17, 15) is 9.59 Å². The third-order valence-corrected chi connectivity index (χ3v) is 7.11. The summed E-state index contributed by atoms with van der Waals surface area (Å²) in [6, 6.07) is 9.89. The topological polar surface area (TPSA) is 52.7 Å². The molecule has 6 heteroatoms. The number of anilines is 2. The predicted molar refractivity (Wildman–Crippen MR) is 139 cm³/mol. The zero-order chi connectivity index (χ0) is 24.2. The minimum Gasteiger partial charge on any atom is -0.365 e. The number of likely N-dealkylation sites (N-methyl/N-ethyl adjacent to an activating group) is 1. The first-order valence-electron chi connectivity index (χ1n) is 11.0. The molecule has 2 amide bonds. The molecule has 2 aliphatic heterocycles. The van der Waals surface area contributed by atoms with Gasteiger partial charge in [0.15, 0.2) is 5.11 Å². The van der Waals surface area contributed by atoms with Crippen LogP contribution in [0.15, 0.2) is 42.0 Å². The van der Waals surface area contributed by atoms with Crippen LogP contribution in [0, 0.1) is 20.8 Å². The molecule has 0 unspecified atom stereocenters. The van der Waals surface area contributed by atoms with Gasteiger partial charge in [-0.2, -0.15) is 0 Å². The fourth-order valence-corrected chi connectivity index (χ4v) is 4.76. The van der Waals surface area contributed by atoms with Crippen molar-refractivity contribution in [3.63, 3.8) is 0 Å². The average Bonchev–Trinajstić information content (AvgIpc) is 2.72. The molecule has 0 aromatic heterocycles. The number of nitrogens with zero attached hydrogens (tertiary/aromatic N) is 2. The van der Waals surface area contributed by atoms with Gasteiger partial charge in [-0.3, -0.25) is 19.8 Å². The first-order chi connectivity index (χ1) is 15.4. The molecule has 1 N–H and O–H groups in total. The van der Waals surface area contributed by atoms with Gasteiger partial charge >= 0.3 is 0 Å². The van der Waals surface area contributed by atoms with Gasteiger partial charge in [-0.15, -0.1) is 0 Å². The number of amides is 2. The summed E-state index contributed by atoms with van der Waals surface area (Å²) in [5.41, 5.74) is 7.88. The number of nitrogens with one attached hydrogen (secondary N) is 1. The summed E-state index contributed by atoms with van der Waals surface area (Å²) in [6.07, 6.45) is 3.92. The van der Waals surface area contributed by atoms with Gasteiger partial charge in [0.1, 0.15) is 5.57 Å². The van der Waals surface area contributed by atoms with E-state index in [1.807, 2.05) is 39.0 Å². The third-order valence-electron chi connectivity index (χ3n) is 6.82. The highest BCUT2D eigenvalue weighted by atomic mass is 32.1. The fourth-order valence-electron chi connectivity index (χ4n) is 4.48. The first kappa shape index (κ1) is 22.9. The van der Waals surface area contributed by atoms with Crippen molar-refractivity contribution in [3.8, 4) is 0 Å². The number of thiocarbonyl (C=S) groups is 1. The normalized spacial score (nSPS) is 18.9. The summed E-state index contributed by atoms with van der Waals surface area (Å²) >= 11 is 5.37. The molecular weight excluding hydrogens is 430 g/mol. The van der Waals surface area contributed by atoms with Crippen molar-refractivity contribution in [3.05, 3.63) is 69.8 Å². The lowest BCUT2D eigenvalue weighted by Crippen LogP contribution is -2.54. The summed E-state index contributed by atoms with van der Waals surface area (Å²) in [7, 11) is 2.08. The van der Waals surface area contributed by atoms with Gasteiger partial charge in [-0.25, -0.2) is 0 Å². The average molecular weight is 460 g/mol. The van der Waals surface area contributed by atoms with Gasteiger partial charge in [0, 0.05) is 18.3 Å². The molecule has 5 nitrogen and oxygen atoms in total. The Kier molecular flexibility index (Phi) is 5.53. The Balaban J connectivity index is 1.81. The van der Waals surface area contributed by atoms with Gasteiger partial charge in [0.05, 0.1) is 11.2 Å². The van der Waals surface area contributed by atoms with E-state index in [1.165, 1.54) is 10.5 Å². The highest BCUT2D eigenvalue weighted by molar-refractivity contribution is 7.80. The van der Waals surface area contributed by atoms with Crippen LogP contribution in [0.4, 0.5) is 11.4 Å². The van der Waals surface area contributed by atoms with Crippen LogP contribution in [0.2, 0.25) is 0 Å². The molecule has 0 bridgehead atoms. The van der Waals surface area contributed by atoms with Crippen molar-refractivity contribution in [2.45, 2.75) is 47.1 Å². The van der Waals surface area contributed by atoms with Crippen LogP contribution in [0.25, 0.3) is 11.6 Å². The zero-order valence-electron chi connectivity index (χ0n) is 20.2. The number of fused-ring (bicyclic) bond motifs is 1. The van der Waals surface area contributed by atoms with E-state index in [2.05, 4.69) is 56.2 Å². The number of allylic oxidation sites excluding steroid dienone is 1. The Morgan fingerprint density at radius 3 is 2.39 bits per heavy atom. The standard InChI is InChI=1S/C27H29N3O2S/c1-15-9-8-10-22(18(15)4)30-25(32)21(24(31)28-26(30)33)13-19-12-20-17(3)14-27(5,6)29(7)23(20)11-16(19)2/h8-14H,1-7H3,(H,28,31,33)/b21-13+. The Labute approximate surface area is 200 Å². The summed E-state index contributed by atoms with van der Waals surface area (Å²) in [6.45, 7) is 12.4. The molecule has 2 aromatic rings. The highest BCUT2D eigenvalue weighted by Crippen LogP contribution is 2.39. The fraction of sp³-hybridized carbons (Fsp3) is 0.296. The quantitative estimate of drug-likeness (QED) is 0.387. The van der Waals surface area contributed by atoms with Crippen LogP contribution in [0.3, 0.4) is 0 Å². The molecule has 0 spiro atoms. The van der Waals surface area contributed by atoms with E-state index >= 15 is 0 Å². The van der Waals surface area contributed by atoms with E-state index in [1.54, 1.807) is 6.08 Å². The molecule has 0 saturated carbocycles. The van der Waals surface area contributed by atoms with Crippen LogP contribution in [-0.4, -0.2) is 29.5 Å². The maximum atomic E-state index is 13.5. The maximum absolute atomic E-state index is 13.5. The molecule has 0 radical (unpaired) electrons. The minimum atomic E-state index is -0.478. The molecule has 33 heavy (non-hydrogen) atoms. The van der Waals surface area contributed by atoms with Gasteiger partial charge in [-0.05, 0) is 106 Å². The van der Waals surface area contributed by atoms with Crippen LogP contribution in [0.1, 0.15) is 48.6 Å². The van der Waals surface area contributed by atoms with E-state index in [0.29, 0.717) is 5.69 Å². The summed E-state index contributed by atoms with van der Waals surface area (Å²) < 4.78 is 0. The summed E-state index contributed by atoms with van der Waals surface area (Å²) in [5.74, 6) is -0.894. The van der Waals surface area contributed by atoms with Crippen LogP contribution < -0.4 is 15.1 Å². The lowest BCUT2D eigenvalue weighted by molar-refractivity contribution is -0.122. The SMILES string of the molecule is CC1=CC(C)(C)N(C)c2cc(C)c(/C=C3\C(=O)NC(=S)N(c4cccc(C)c4C)C3=O)cc21. The molecule has 0 aliphatic carbocycles. The van der Waals surface area contributed by atoms with E-state index in [0.717, 1.165) is 33.5 Å². The smallest absolute Gasteiger partial charge is 0.270 e. The summed E-state index contributed by atoms with van der Waals surface area (Å²) in [4.78, 5) is 30.0. The van der Waals surface area contributed by atoms with E-state index in [-0.39, 0.29) is 16.2 Å². The largest absolute Gasteiger partial charge is 0.365 e. The lowest BCUT2D eigenvalue weighted by Gasteiger charge is -2.41. The molecule has 1 saturated heterocycles. The number of hydrogen-bond acceptors (Lipinski definition) is 4. The minimum absolute atomic E-state index is 0.0682. The van der Waals surface area contributed by atoms with Gasteiger partial charge in [-0.1, -0.05) is 18.2 Å². The molecule has 2 aliphatic rings. The Hall–Kier alpha value is -3.25. The second-order valence-electron chi connectivity index (χ2n) is 9.44. The van der Waals surface area contributed by atoms with Crippen LogP contribution in [0.5, 0.6) is 0 Å². The first-order valence-corrected chi connectivity index (χ1v) is 11.4. The Morgan fingerprint density at radius 1 is 1.00 bits per heavy atom. The molecule has 1 fully saturated rings. The molecule has 0 atom stereocenters. The van der Waals surface area contributed by atoms with Crippen molar-refractivity contribution >= 4 is 52.2 Å². The molecule has 2 aromatic carbocycles. The highest BCUT2D eigenvalue weighted by Gasteiger charge is 2.36. The Bertz CT molecular complexity index is 1290. The molecule has 170 valence electrons. The number of carbonyl (C=O) groups excluding carboxylic acids is 2. The number of carbonyl (C=O) groups is 2. The van der Waals surface area contributed by atoms with Crippen molar-refractivity contribution < 1.29 is 9.59 Å². The van der Waals surface area contributed by atoms with E-state index < -0.39 is 11.8 Å². The van der Waals surface area contributed by atoms with Crippen molar-refractivity contribution in [1.29, 1.82) is 0 Å². The number of aryl methyl sites for hydroxylation is 2. The molecule has 4 rings (SSSR count). The zero-order valence-corrected chi connectivity index (χ0v) is 21.0. The number of benzene rings is 2. The van der Waals surface area contributed by atoms with Gasteiger partial charge in [0.25, 0.3) is 11.8 Å². The monoisotopic (exact) mass is 459 g/mol. The molecule has 2 heterocycles. The maximum Gasteiger partial charge on any atom is 0.270 e. The van der Waals surface area contributed by atoms with Gasteiger partial charge in [0.2, 0.25) is 0 Å². The third kappa shape index (κ3) is 3.78. The second-order valence-corrected chi connectivity index (χ2v) is 9.83. The van der Waals surface area contributed by atoms with Gasteiger partial charge < -0.3 is 4.90 Å².